The van der Waals surface area contributed by atoms with E-state index in [9.17, 15) is 14.7 Å². The Morgan fingerprint density at radius 1 is 1.22 bits per heavy atom. The molecule has 3 aliphatic rings. The molecule has 2 fully saturated rings. The number of ether oxygens (including phenoxy) is 1. The average molecular weight is 463 g/mol. The molecule has 1 N–H and O–H groups in total. The highest BCUT2D eigenvalue weighted by atomic mass is 28.4. The van der Waals surface area contributed by atoms with Gasteiger partial charge in [0.15, 0.2) is 5.60 Å². The molecule has 8 heteroatoms. The number of fused-ring (bicyclic) bond motifs is 2. The minimum Gasteiger partial charge on any atom is -0.396 e. The molecule has 176 valence electrons. The second-order valence-electron chi connectivity index (χ2n) is 10.1. The molecule has 4 atom stereocenters. The number of carbonyl (C=O) groups is 2. The van der Waals surface area contributed by atoms with Crippen LogP contribution in [0.2, 0.25) is 18.6 Å². The van der Waals surface area contributed by atoms with Gasteiger partial charge in [0.25, 0.3) is 5.91 Å². The van der Waals surface area contributed by atoms with E-state index >= 15 is 4.11 Å². The van der Waals surface area contributed by atoms with Crippen molar-refractivity contribution in [2.75, 3.05) is 30.0 Å². The lowest BCUT2D eigenvalue weighted by molar-refractivity contribution is -0.146. The molecule has 0 aliphatic carbocycles. The average Bonchev–Trinajstić information content (AvgIpc) is 3.13. The molecule has 1 aromatic carbocycles. The van der Waals surface area contributed by atoms with Crippen molar-refractivity contribution in [2.45, 2.75) is 75.8 Å². The zero-order valence-electron chi connectivity index (χ0n) is 19.6. The van der Waals surface area contributed by atoms with Crippen LogP contribution >= 0.6 is 0 Å². The number of anilines is 2. The highest BCUT2D eigenvalue weighted by molar-refractivity contribution is 6.72. The Hall–Kier alpha value is -1.77. The number of amides is 2. The van der Waals surface area contributed by atoms with Gasteiger partial charge in [0.1, 0.15) is 0 Å². The SMILES string of the molecule is C[C@@H]1[C@@H]([Si](C)(C)F)[C@H](CCO)O[C@@]12C(=O)N(C)c1ccc(N3CCCCCCC3=O)cc12. The maximum Gasteiger partial charge on any atom is 0.264 e. The molecule has 1 spiro atoms. The van der Waals surface area contributed by atoms with Gasteiger partial charge in [-0.3, -0.25) is 9.59 Å². The van der Waals surface area contributed by atoms with Crippen LogP contribution in [-0.2, 0) is 19.9 Å². The van der Waals surface area contributed by atoms with Crippen molar-refractivity contribution < 1.29 is 23.5 Å². The minimum atomic E-state index is -3.19. The number of hydrogen-bond donors (Lipinski definition) is 1. The monoisotopic (exact) mass is 462 g/mol. The van der Waals surface area contributed by atoms with Crippen LogP contribution in [0, 0.1) is 5.92 Å². The van der Waals surface area contributed by atoms with Gasteiger partial charge in [0.2, 0.25) is 14.3 Å². The first-order valence-corrected chi connectivity index (χ1v) is 14.8. The largest absolute Gasteiger partial charge is 0.396 e. The van der Waals surface area contributed by atoms with Gasteiger partial charge in [0, 0.05) is 49.3 Å². The van der Waals surface area contributed by atoms with E-state index < -0.39 is 25.7 Å². The summed E-state index contributed by atoms with van der Waals surface area (Å²) in [5.41, 5.74) is 0.533. The molecule has 3 aliphatic heterocycles. The van der Waals surface area contributed by atoms with Crippen molar-refractivity contribution in [3.05, 3.63) is 23.8 Å². The zero-order chi connectivity index (χ0) is 23.3. The van der Waals surface area contributed by atoms with Crippen LogP contribution in [0.25, 0.3) is 0 Å². The highest BCUT2D eigenvalue weighted by Crippen LogP contribution is 2.60. The first-order valence-electron chi connectivity index (χ1n) is 11.8. The van der Waals surface area contributed by atoms with Crippen molar-refractivity contribution in [3.63, 3.8) is 0 Å². The Balaban J connectivity index is 1.80. The summed E-state index contributed by atoms with van der Waals surface area (Å²) in [6.45, 7) is 5.75. The Bertz CT molecular complexity index is 904. The van der Waals surface area contributed by atoms with Crippen molar-refractivity contribution in [3.8, 4) is 0 Å². The number of halogens is 1. The third kappa shape index (κ3) is 3.60. The molecule has 6 nitrogen and oxygen atoms in total. The third-order valence-corrected chi connectivity index (χ3v) is 10.1. The zero-order valence-corrected chi connectivity index (χ0v) is 20.6. The number of aliphatic hydroxyl groups is 1. The van der Waals surface area contributed by atoms with Crippen LogP contribution in [0.3, 0.4) is 0 Å². The molecule has 0 unspecified atom stereocenters. The van der Waals surface area contributed by atoms with E-state index in [0.717, 1.165) is 37.1 Å². The predicted octanol–water partition coefficient (Wildman–Crippen LogP) is 4.12. The number of benzene rings is 1. The topological polar surface area (TPSA) is 70.1 Å². The second kappa shape index (κ2) is 8.54. The fourth-order valence-electron chi connectivity index (χ4n) is 6.14. The van der Waals surface area contributed by atoms with Crippen molar-refractivity contribution in [2.24, 2.45) is 5.92 Å². The first kappa shape index (κ1) is 23.4. The van der Waals surface area contributed by atoms with Crippen LogP contribution in [-0.4, -0.2) is 51.6 Å². The van der Waals surface area contributed by atoms with Gasteiger partial charge in [-0.1, -0.05) is 19.8 Å². The van der Waals surface area contributed by atoms with Gasteiger partial charge in [-0.05, 0) is 50.6 Å². The van der Waals surface area contributed by atoms with E-state index in [1.807, 2.05) is 30.0 Å². The summed E-state index contributed by atoms with van der Waals surface area (Å²) in [6.07, 6.45) is 4.32. The number of likely N-dealkylation sites (N-methyl/N-ethyl adjacent to an activating group) is 1. The van der Waals surface area contributed by atoms with Crippen molar-refractivity contribution >= 4 is 31.6 Å². The van der Waals surface area contributed by atoms with Crippen molar-refractivity contribution in [1.82, 2.24) is 0 Å². The summed E-state index contributed by atoms with van der Waals surface area (Å²) in [5.74, 6) is -0.467. The Kier molecular flexibility index (Phi) is 6.24. The van der Waals surface area contributed by atoms with Crippen LogP contribution in [0.15, 0.2) is 18.2 Å². The van der Waals surface area contributed by atoms with Gasteiger partial charge >= 0.3 is 0 Å². The second-order valence-corrected chi connectivity index (χ2v) is 13.9. The molecule has 4 rings (SSSR count). The fraction of sp³-hybridized carbons (Fsp3) is 0.667. The molecule has 32 heavy (non-hydrogen) atoms. The van der Waals surface area contributed by atoms with E-state index in [1.165, 1.54) is 0 Å². The Morgan fingerprint density at radius 3 is 2.62 bits per heavy atom. The molecule has 2 saturated heterocycles. The summed E-state index contributed by atoms with van der Waals surface area (Å²) < 4.78 is 21.9. The number of carbonyl (C=O) groups excluding carboxylic acids is 2. The Morgan fingerprint density at radius 2 is 1.94 bits per heavy atom. The molecular weight excluding hydrogens is 427 g/mol. The van der Waals surface area contributed by atoms with Gasteiger partial charge < -0.3 is 23.8 Å². The molecule has 0 aromatic heterocycles. The molecule has 3 heterocycles. The van der Waals surface area contributed by atoms with Gasteiger partial charge in [-0.2, -0.15) is 0 Å². The number of rotatable bonds is 4. The number of hydrogen-bond acceptors (Lipinski definition) is 4. The summed E-state index contributed by atoms with van der Waals surface area (Å²) >= 11 is 0. The maximum atomic E-state index is 15.5. The van der Waals surface area contributed by atoms with Gasteiger partial charge in [0.05, 0.1) is 11.8 Å². The smallest absolute Gasteiger partial charge is 0.264 e. The van der Waals surface area contributed by atoms with E-state index in [-0.39, 0.29) is 24.3 Å². The molecule has 0 bridgehead atoms. The van der Waals surface area contributed by atoms with Crippen LogP contribution in [0.4, 0.5) is 15.5 Å². The number of nitrogens with zero attached hydrogens (tertiary/aromatic N) is 2. The summed E-state index contributed by atoms with van der Waals surface area (Å²) in [6, 6.07) is 5.70. The molecule has 0 saturated carbocycles. The molecule has 1 aromatic rings. The third-order valence-electron chi connectivity index (χ3n) is 7.62. The summed E-state index contributed by atoms with van der Waals surface area (Å²) in [7, 11) is -1.47. The molecule has 0 radical (unpaired) electrons. The lowest BCUT2D eigenvalue weighted by Gasteiger charge is -2.31. The first-order chi connectivity index (χ1) is 15.1. The van der Waals surface area contributed by atoms with Crippen LogP contribution in [0.5, 0.6) is 0 Å². The minimum absolute atomic E-state index is 0.102. The van der Waals surface area contributed by atoms with Gasteiger partial charge in [-0.25, -0.2) is 0 Å². The maximum absolute atomic E-state index is 15.5. The molecule has 2 amide bonds. The van der Waals surface area contributed by atoms with Crippen LogP contribution in [0.1, 0.15) is 51.0 Å². The molecular formula is C24H35FN2O4Si. The van der Waals surface area contributed by atoms with E-state index in [4.69, 9.17) is 4.74 Å². The van der Waals surface area contributed by atoms with E-state index in [0.29, 0.717) is 24.9 Å². The number of aliphatic hydroxyl groups excluding tert-OH is 1. The predicted molar refractivity (Wildman–Crippen MR) is 125 cm³/mol. The highest BCUT2D eigenvalue weighted by Gasteiger charge is 2.66. The standard InChI is InChI=1S/C24H35FN2O4Si/c1-16-22(32(3,4)25)20(12-14-28)31-24(16)18-15-17(10-11-19(18)26(2)23(24)30)27-13-8-6-5-7-9-21(27)29/h10-11,15-16,20,22,28H,5-9,12-14H2,1-4H3/t16-,20+,22-,24+/m1/s1. The van der Waals surface area contributed by atoms with Gasteiger partial charge in [-0.15, -0.1) is 0 Å². The van der Waals surface area contributed by atoms with E-state index in [2.05, 4.69) is 0 Å². The lowest BCUT2D eigenvalue weighted by atomic mass is 9.82. The van der Waals surface area contributed by atoms with E-state index in [1.54, 1.807) is 25.0 Å². The lowest BCUT2D eigenvalue weighted by Crippen LogP contribution is -2.44. The van der Waals surface area contributed by atoms with Crippen molar-refractivity contribution in [1.29, 1.82) is 0 Å². The summed E-state index contributed by atoms with van der Waals surface area (Å²) in [5, 5.41) is 9.61. The summed E-state index contributed by atoms with van der Waals surface area (Å²) in [4.78, 5) is 29.9. The Labute approximate surface area is 190 Å². The quantitative estimate of drug-likeness (QED) is 0.540. The van der Waals surface area contributed by atoms with Crippen LogP contribution < -0.4 is 9.80 Å². The fourth-order valence-corrected chi connectivity index (χ4v) is 8.68. The normalized spacial score (nSPS) is 31.2.